The summed E-state index contributed by atoms with van der Waals surface area (Å²) in [5.41, 5.74) is 2.04. The van der Waals surface area contributed by atoms with E-state index in [-0.39, 0.29) is 0 Å². The lowest BCUT2D eigenvalue weighted by Crippen LogP contribution is -2.04. The first-order chi connectivity index (χ1) is 11.8. The van der Waals surface area contributed by atoms with E-state index in [9.17, 15) is 0 Å². The molecule has 0 aliphatic heterocycles. The third kappa shape index (κ3) is 4.53. The molecule has 3 rings (SSSR count). The molecule has 0 saturated heterocycles. The number of hydrogen-bond donors (Lipinski definition) is 2. The lowest BCUT2D eigenvalue weighted by molar-refractivity contribution is 0.183. The van der Waals surface area contributed by atoms with Crippen LogP contribution in [0.4, 0.5) is 17.5 Å². The number of methoxy groups -OCH3 is 1. The molecular formula is C17H20N6O. The average molecular weight is 324 g/mol. The summed E-state index contributed by atoms with van der Waals surface area (Å²) in [6.45, 7) is 2.04. The van der Waals surface area contributed by atoms with Gasteiger partial charge in [-0.15, -0.1) is 0 Å². The molecule has 0 aliphatic rings. The van der Waals surface area contributed by atoms with Crippen molar-refractivity contribution in [2.75, 3.05) is 24.4 Å². The fourth-order valence-corrected chi connectivity index (χ4v) is 2.17. The highest BCUT2D eigenvalue weighted by atomic mass is 16.5. The molecule has 24 heavy (non-hydrogen) atoms. The van der Waals surface area contributed by atoms with Crippen molar-refractivity contribution in [3.63, 3.8) is 0 Å². The fourth-order valence-electron chi connectivity index (χ4n) is 2.17. The maximum Gasteiger partial charge on any atom is 0.229 e. The second-order valence-corrected chi connectivity index (χ2v) is 5.21. The average Bonchev–Trinajstić information content (AvgIpc) is 3.07. The topological polar surface area (TPSA) is 76.9 Å². The van der Waals surface area contributed by atoms with E-state index < -0.39 is 0 Å². The van der Waals surface area contributed by atoms with Crippen molar-refractivity contribution in [2.45, 2.75) is 13.1 Å². The molecule has 124 valence electrons. The van der Waals surface area contributed by atoms with Gasteiger partial charge in [-0.05, 0) is 11.6 Å². The van der Waals surface area contributed by atoms with Crippen LogP contribution in [-0.2, 0) is 17.8 Å². The molecular weight excluding hydrogens is 304 g/mol. The van der Waals surface area contributed by atoms with Crippen LogP contribution >= 0.6 is 0 Å². The second-order valence-electron chi connectivity index (χ2n) is 5.21. The monoisotopic (exact) mass is 324 g/mol. The molecule has 2 heterocycles. The SMILES string of the molecule is COCCn1cc(Nc2nccc(NCc3ccccc3)n2)cn1. The number of anilines is 3. The number of aromatic nitrogens is 4. The van der Waals surface area contributed by atoms with Crippen molar-refractivity contribution in [1.82, 2.24) is 19.7 Å². The van der Waals surface area contributed by atoms with E-state index in [2.05, 4.69) is 37.8 Å². The van der Waals surface area contributed by atoms with Gasteiger partial charge >= 0.3 is 0 Å². The summed E-state index contributed by atoms with van der Waals surface area (Å²) in [6.07, 6.45) is 5.35. The van der Waals surface area contributed by atoms with Gasteiger partial charge in [0.2, 0.25) is 5.95 Å². The normalized spacial score (nSPS) is 10.5. The van der Waals surface area contributed by atoms with Gasteiger partial charge in [0.1, 0.15) is 5.82 Å². The van der Waals surface area contributed by atoms with Gasteiger partial charge in [-0.1, -0.05) is 30.3 Å². The number of hydrogen-bond acceptors (Lipinski definition) is 6. The molecule has 0 aliphatic carbocycles. The third-order valence-electron chi connectivity index (χ3n) is 3.39. The van der Waals surface area contributed by atoms with Gasteiger partial charge in [-0.3, -0.25) is 4.68 Å². The summed E-state index contributed by atoms with van der Waals surface area (Å²) in [5.74, 6) is 1.29. The first-order valence-corrected chi connectivity index (χ1v) is 7.73. The van der Waals surface area contributed by atoms with E-state index in [4.69, 9.17) is 4.74 Å². The molecule has 2 N–H and O–H groups in total. The lowest BCUT2D eigenvalue weighted by atomic mass is 10.2. The molecule has 0 atom stereocenters. The number of nitrogens with one attached hydrogen (secondary N) is 2. The molecule has 0 radical (unpaired) electrons. The Morgan fingerprint density at radius 3 is 2.88 bits per heavy atom. The Morgan fingerprint density at radius 1 is 1.17 bits per heavy atom. The van der Waals surface area contributed by atoms with Crippen molar-refractivity contribution >= 4 is 17.5 Å². The zero-order valence-corrected chi connectivity index (χ0v) is 13.5. The zero-order valence-electron chi connectivity index (χ0n) is 13.5. The Balaban J connectivity index is 1.59. The Morgan fingerprint density at radius 2 is 2.04 bits per heavy atom. The van der Waals surface area contributed by atoms with Crippen LogP contribution in [0.5, 0.6) is 0 Å². The Labute approximate surface area is 140 Å². The molecule has 0 spiro atoms. The lowest BCUT2D eigenvalue weighted by Gasteiger charge is -2.07. The first-order valence-electron chi connectivity index (χ1n) is 7.73. The quantitative estimate of drug-likeness (QED) is 0.663. The molecule has 0 saturated carbocycles. The molecule has 1 aromatic carbocycles. The predicted octanol–water partition coefficient (Wildman–Crippen LogP) is 2.68. The minimum atomic E-state index is 0.527. The van der Waals surface area contributed by atoms with E-state index in [0.717, 1.165) is 11.5 Å². The molecule has 3 aromatic rings. The maximum atomic E-state index is 5.04. The smallest absolute Gasteiger partial charge is 0.229 e. The van der Waals surface area contributed by atoms with E-state index in [1.807, 2.05) is 35.1 Å². The van der Waals surface area contributed by atoms with Gasteiger partial charge in [-0.2, -0.15) is 10.1 Å². The molecule has 0 bridgehead atoms. The summed E-state index contributed by atoms with van der Waals surface area (Å²) < 4.78 is 6.85. The van der Waals surface area contributed by atoms with Gasteiger partial charge in [0.15, 0.2) is 0 Å². The number of rotatable bonds is 8. The van der Waals surface area contributed by atoms with Crippen LogP contribution in [-0.4, -0.2) is 33.5 Å². The maximum absolute atomic E-state index is 5.04. The first kappa shape index (κ1) is 15.9. The summed E-state index contributed by atoms with van der Waals surface area (Å²) in [6, 6.07) is 12.0. The van der Waals surface area contributed by atoms with Gasteiger partial charge in [0.25, 0.3) is 0 Å². The standard InChI is InChI=1S/C17H20N6O/c1-24-10-9-23-13-15(12-20-23)21-17-18-8-7-16(22-17)19-11-14-5-3-2-4-6-14/h2-8,12-13H,9-11H2,1H3,(H2,18,19,21,22). The minimum absolute atomic E-state index is 0.527. The van der Waals surface area contributed by atoms with Gasteiger partial charge in [-0.25, -0.2) is 4.98 Å². The fraction of sp³-hybridized carbons (Fsp3) is 0.235. The van der Waals surface area contributed by atoms with Gasteiger partial charge < -0.3 is 15.4 Å². The zero-order chi connectivity index (χ0) is 16.6. The Hall–Kier alpha value is -2.93. The summed E-state index contributed by atoms with van der Waals surface area (Å²) in [5, 5.41) is 10.7. The molecule has 7 heteroatoms. The van der Waals surface area contributed by atoms with Crippen molar-refractivity contribution in [3.8, 4) is 0 Å². The molecule has 0 amide bonds. The molecule has 2 aromatic heterocycles. The van der Waals surface area contributed by atoms with Crippen molar-refractivity contribution in [1.29, 1.82) is 0 Å². The highest BCUT2D eigenvalue weighted by Gasteiger charge is 2.03. The highest BCUT2D eigenvalue weighted by Crippen LogP contribution is 2.14. The van der Waals surface area contributed by atoms with E-state index in [1.165, 1.54) is 5.56 Å². The van der Waals surface area contributed by atoms with E-state index >= 15 is 0 Å². The summed E-state index contributed by atoms with van der Waals surface area (Å²) in [7, 11) is 1.67. The summed E-state index contributed by atoms with van der Waals surface area (Å²) >= 11 is 0. The van der Waals surface area contributed by atoms with Crippen LogP contribution in [0.1, 0.15) is 5.56 Å². The van der Waals surface area contributed by atoms with Crippen molar-refractivity contribution in [2.24, 2.45) is 0 Å². The van der Waals surface area contributed by atoms with E-state index in [1.54, 1.807) is 19.5 Å². The molecule has 0 fully saturated rings. The largest absolute Gasteiger partial charge is 0.383 e. The Bertz CT molecular complexity index is 759. The number of benzene rings is 1. The van der Waals surface area contributed by atoms with Crippen LogP contribution in [0.2, 0.25) is 0 Å². The van der Waals surface area contributed by atoms with Gasteiger partial charge in [0.05, 0.1) is 25.0 Å². The van der Waals surface area contributed by atoms with Crippen molar-refractivity contribution < 1.29 is 4.74 Å². The third-order valence-corrected chi connectivity index (χ3v) is 3.39. The van der Waals surface area contributed by atoms with Crippen LogP contribution in [0.25, 0.3) is 0 Å². The van der Waals surface area contributed by atoms with Crippen LogP contribution in [0.15, 0.2) is 55.0 Å². The van der Waals surface area contributed by atoms with Crippen LogP contribution in [0, 0.1) is 0 Å². The Kier molecular flexibility index (Phi) is 5.36. The minimum Gasteiger partial charge on any atom is -0.383 e. The number of nitrogens with zero attached hydrogens (tertiary/aromatic N) is 4. The second kappa shape index (κ2) is 8.07. The van der Waals surface area contributed by atoms with Gasteiger partial charge in [0, 0.05) is 26.0 Å². The van der Waals surface area contributed by atoms with Crippen LogP contribution < -0.4 is 10.6 Å². The van der Waals surface area contributed by atoms with E-state index in [0.29, 0.717) is 25.6 Å². The number of ether oxygens (including phenoxy) is 1. The highest BCUT2D eigenvalue weighted by molar-refractivity contribution is 5.52. The van der Waals surface area contributed by atoms with Crippen molar-refractivity contribution in [3.05, 3.63) is 60.6 Å². The predicted molar refractivity (Wildman–Crippen MR) is 93.2 cm³/mol. The van der Waals surface area contributed by atoms with Crippen LogP contribution in [0.3, 0.4) is 0 Å². The molecule has 7 nitrogen and oxygen atoms in total. The molecule has 0 unspecified atom stereocenters. The summed E-state index contributed by atoms with van der Waals surface area (Å²) in [4.78, 5) is 8.70.